The first kappa shape index (κ1) is 15.5. The van der Waals surface area contributed by atoms with Crippen LogP contribution in [0.25, 0.3) is 0 Å². The van der Waals surface area contributed by atoms with Gasteiger partial charge in [-0.15, -0.1) is 12.4 Å². The van der Waals surface area contributed by atoms with Crippen molar-refractivity contribution in [3.63, 3.8) is 0 Å². The molecule has 3 rings (SSSR count). The Morgan fingerprint density at radius 2 is 2.19 bits per heavy atom. The van der Waals surface area contributed by atoms with Gasteiger partial charge in [-0.25, -0.2) is 0 Å². The number of para-hydroxylation sites is 1. The number of nitrogens with one attached hydrogen (secondary N) is 2. The monoisotopic (exact) mass is 308 g/mol. The first-order chi connectivity index (χ1) is 9.81. The molecule has 0 spiro atoms. The van der Waals surface area contributed by atoms with Crippen molar-refractivity contribution in [2.75, 3.05) is 18.4 Å². The third-order valence-electron chi connectivity index (χ3n) is 3.27. The van der Waals surface area contributed by atoms with Crippen molar-refractivity contribution < 1.29 is 9.32 Å². The molecule has 1 aliphatic rings. The van der Waals surface area contributed by atoms with Crippen molar-refractivity contribution in [3.05, 3.63) is 42.0 Å². The van der Waals surface area contributed by atoms with Crippen LogP contribution in [-0.4, -0.2) is 29.1 Å². The number of rotatable bonds is 4. The Labute approximate surface area is 128 Å². The summed E-state index contributed by atoms with van der Waals surface area (Å²) in [6, 6.07) is 9.31. The van der Waals surface area contributed by atoms with E-state index in [1.165, 1.54) is 0 Å². The first-order valence-corrected chi connectivity index (χ1v) is 6.69. The van der Waals surface area contributed by atoms with E-state index in [9.17, 15) is 4.79 Å². The molecule has 6 nitrogen and oxygen atoms in total. The van der Waals surface area contributed by atoms with Crippen LogP contribution in [0.4, 0.5) is 5.69 Å². The molecule has 112 valence electrons. The standard InChI is InChI=1S/C14H16N4O2.ClH/c19-13(16-11-4-2-1-3-5-11)8-12-17-14(20-18-12)10-6-7-15-9-10;/h1-5,10,15H,6-9H2,(H,16,19);1H/t10-;/m0./s1. The number of hydrogen-bond acceptors (Lipinski definition) is 5. The van der Waals surface area contributed by atoms with E-state index < -0.39 is 0 Å². The minimum Gasteiger partial charge on any atom is -0.339 e. The number of hydrogen-bond donors (Lipinski definition) is 2. The second-order valence-electron chi connectivity index (χ2n) is 4.83. The fourth-order valence-electron chi connectivity index (χ4n) is 2.24. The van der Waals surface area contributed by atoms with E-state index in [1.54, 1.807) is 0 Å². The fourth-order valence-corrected chi connectivity index (χ4v) is 2.24. The third kappa shape index (κ3) is 4.03. The van der Waals surface area contributed by atoms with Crippen molar-refractivity contribution in [1.29, 1.82) is 0 Å². The average Bonchev–Trinajstić information content (AvgIpc) is 3.10. The van der Waals surface area contributed by atoms with Crippen LogP contribution in [0.2, 0.25) is 0 Å². The highest BCUT2D eigenvalue weighted by atomic mass is 35.5. The van der Waals surface area contributed by atoms with Crippen LogP contribution in [0, 0.1) is 0 Å². The van der Waals surface area contributed by atoms with E-state index in [1.807, 2.05) is 30.3 Å². The van der Waals surface area contributed by atoms with Crippen LogP contribution in [0.15, 0.2) is 34.9 Å². The number of amides is 1. The molecule has 1 aromatic carbocycles. The molecule has 0 aliphatic carbocycles. The molecular weight excluding hydrogens is 292 g/mol. The number of halogens is 1. The van der Waals surface area contributed by atoms with Gasteiger partial charge in [0.2, 0.25) is 11.8 Å². The summed E-state index contributed by atoms with van der Waals surface area (Å²) >= 11 is 0. The van der Waals surface area contributed by atoms with Gasteiger partial charge in [-0.1, -0.05) is 23.4 Å². The summed E-state index contributed by atoms with van der Waals surface area (Å²) in [5.74, 6) is 1.18. The number of anilines is 1. The van der Waals surface area contributed by atoms with Crippen LogP contribution in [0.5, 0.6) is 0 Å². The zero-order valence-electron chi connectivity index (χ0n) is 11.4. The lowest BCUT2D eigenvalue weighted by Crippen LogP contribution is -2.15. The number of aromatic nitrogens is 2. The molecule has 1 amide bonds. The Hall–Kier alpha value is -1.92. The van der Waals surface area contributed by atoms with Gasteiger partial charge < -0.3 is 15.2 Å². The highest BCUT2D eigenvalue weighted by Gasteiger charge is 2.23. The van der Waals surface area contributed by atoms with Crippen LogP contribution >= 0.6 is 12.4 Å². The Bertz CT molecular complexity index is 582. The summed E-state index contributed by atoms with van der Waals surface area (Å²) in [4.78, 5) is 16.2. The highest BCUT2D eigenvalue weighted by Crippen LogP contribution is 2.20. The predicted molar refractivity (Wildman–Crippen MR) is 80.5 cm³/mol. The summed E-state index contributed by atoms with van der Waals surface area (Å²) in [6.45, 7) is 1.83. The van der Waals surface area contributed by atoms with Gasteiger partial charge in [-0.05, 0) is 25.1 Å². The van der Waals surface area contributed by atoms with E-state index in [4.69, 9.17) is 4.52 Å². The Morgan fingerprint density at radius 3 is 2.90 bits per heavy atom. The second-order valence-corrected chi connectivity index (χ2v) is 4.83. The summed E-state index contributed by atoms with van der Waals surface area (Å²) in [7, 11) is 0. The normalized spacial score (nSPS) is 17.2. The molecule has 0 bridgehead atoms. The SMILES string of the molecule is Cl.O=C(Cc1noc([C@H]2CCNC2)n1)Nc1ccccc1. The lowest BCUT2D eigenvalue weighted by atomic mass is 10.1. The maximum Gasteiger partial charge on any atom is 0.232 e. The quantitative estimate of drug-likeness (QED) is 0.899. The predicted octanol–water partition coefficient (Wildman–Crippen LogP) is 1.75. The molecule has 0 saturated carbocycles. The highest BCUT2D eigenvalue weighted by molar-refractivity contribution is 5.91. The zero-order valence-corrected chi connectivity index (χ0v) is 12.2. The Morgan fingerprint density at radius 1 is 1.38 bits per heavy atom. The second kappa shape index (κ2) is 7.19. The summed E-state index contributed by atoms with van der Waals surface area (Å²) in [6.07, 6.45) is 1.12. The van der Waals surface area contributed by atoms with Crippen molar-refractivity contribution in [3.8, 4) is 0 Å². The molecule has 21 heavy (non-hydrogen) atoms. The van der Waals surface area contributed by atoms with E-state index in [-0.39, 0.29) is 30.7 Å². The summed E-state index contributed by atoms with van der Waals surface area (Å²) < 4.78 is 5.22. The van der Waals surface area contributed by atoms with Gasteiger partial charge >= 0.3 is 0 Å². The van der Waals surface area contributed by atoms with Crippen molar-refractivity contribution in [2.45, 2.75) is 18.8 Å². The van der Waals surface area contributed by atoms with E-state index >= 15 is 0 Å². The molecule has 2 aromatic rings. The molecule has 1 saturated heterocycles. The van der Waals surface area contributed by atoms with Gasteiger partial charge in [0.1, 0.15) is 0 Å². The number of carbonyl (C=O) groups excluding carboxylic acids is 1. The van der Waals surface area contributed by atoms with Gasteiger partial charge in [-0.3, -0.25) is 4.79 Å². The molecule has 0 radical (unpaired) electrons. The number of benzene rings is 1. The van der Waals surface area contributed by atoms with Gasteiger partial charge in [0.25, 0.3) is 0 Å². The fraction of sp³-hybridized carbons (Fsp3) is 0.357. The molecule has 2 heterocycles. The van der Waals surface area contributed by atoms with Crippen molar-refractivity contribution in [1.82, 2.24) is 15.5 Å². The number of nitrogens with zero attached hydrogens (tertiary/aromatic N) is 2. The molecule has 1 aliphatic heterocycles. The largest absolute Gasteiger partial charge is 0.339 e. The molecule has 1 aromatic heterocycles. The van der Waals surface area contributed by atoms with Crippen LogP contribution in [0.1, 0.15) is 24.1 Å². The molecular formula is C14H17ClN4O2. The molecule has 2 N–H and O–H groups in total. The third-order valence-corrected chi connectivity index (χ3v) is 3.27. The van der Waals surface area contributed by atoms with Crippen LogP contribution in [0.3, 0.4) is 0 Å². The van der Waals surface area contributed by atoms with Gasteiger partial charge in [0, 0.05) is 12.2 Å². The maximum absolute atomic E-state index is 11.9. The molecule has 1 atom stereocenters. The smallest absolute Gasteiger partial charge is 0.232 e. The van der Waals surface area contributed by atoms with Crippen LogP contribution < -0.4 is 10.6 Å². The van der Waals surface area contributed by atoms with Crippen molar-refractivity contribution >= 4 is 24.0 Å². The first-order valence-electron chi connectivity index (χ1n) is 6.69. The van der Waals surface area contributed by atoms with E-state index in [0.29, 0.717) is 11.7 Å². The zero-order chi connectivity index (χ0) is 13.8. The molecule has 1 fully saturated rings. The topological polar surface area (TPSA) is 80.1 Å². The minimum absolute atomic E-state index is 0. The van der Waals surface area contributed by atoms with Crippen LogP contribution in [-0.2, 0) is 11.2 Å². The molecule has 7 heteroatoms. The Balaban J connectivity index is 0.00000161. The summed E-state index contributed by atoms with van der Waals surface area (Å²) in [5, 5.41) is 9.91. The van der Waals surface area contributed by atoms with Gasteiger partial charge in [-0.2, -0.15) is 4.98 Å². The average molecular weight is 309 g/mol. The number of carbonyl (C=O) groups is 1. The van der Waals surface area contributed by atoms with E-state index in [0.717, 1.165) is 25.2 Å². The lowest BCUT2D eigenvalue weighted by molar-refractivity contribution is -0.115. The molecule has 0 unspecified atom stereocenters. The van der Waals surface area contributed by atoms with Gasteiger partial charge in [0.05, 0.1) is 12.3 Å². The van der Waals surface area contributed by atoms with E-state index in [2.05, 4.69) is 20.8 Å². The maximum atomic E-state index is 11.9. The van der Waals surface area contributed by atoms with Crippen molar-refractivity contribution in [2.24, 2.45) is 0 Å². The Kier molecular flexibility index (Phi) is 5.30. The minimum atomic E-state index is -0.145. The lowest BCUT2D eigenvalue weighted by Gasteiger charge is -2.02. The summed E-state index contributed by atoms with van der Waals surface area (Å²) in [5.41, 5.74) is 0.765. The van der Waals surface area contributed by atoms with Gasteiger partial charge in [0.15, 0.2) is 5.82 Å².